The third kappa shape index (κ3) is 2.98. The fourth-order valence-corrected chi connectivity index (χ4v) is 2.33. The number of rotatable bonds is 2. The lowest BCUT2D eigenvalue weighted by Crippen LogP contribution is -2.34. The number of aromatic hydroxyl groups is 1. The molecule has 1 aliphatic carbocycles. The summed E-state index contributed by atoms with van der Waals surface area (Å²) in [5.74, 6) is 0.0576. The summed E-state index contributed by atoms with van der Waals surface area (Å²) in [6.45, 7) is 1.81. The first kappa shape index (κ1) is 12.8. The Morgan fingerprint density at radius 1 is 1.50 bits per heavy atom. The first-order valence-electron chi connectivity index (χ1n) is 6.29. The third-order valence-electron chi connectivity index (χ3n) is 3.34. The monoisotopic (exact) mass is 249 g/mol. The van der Waals surface area contributed by atoms with Crippen molar-refractivity contribution in [2.24, 2.45) is 11.7 Å². The van der Waals surface area contributed by atoms with Gasteiger partial charge >= 0.3 is 0 Å². The normalized spacial score (nSPS) is 23.7. The second-order valence-corrected chi connectivity index (χ2v) is 4.93. The lowest BCUT2D eigenvalue weighted by Gasteiger charge is -2.25. The molecule has 2 atom stereocenters. The minimum Gasteiger partial charge on any atom is -0.504 e. The molecule has 98 valence electrons. The quantitative estimate of drug-likeness (QED) is 0.742. The van der Waals surface area contributed by atoms with Crippen LogP contribution in [0.1, 0.15) is 31.4 Å². The van der Waals surface area contributed by atoms with Gasteiger partial charge in [0.25, 0.3) is 0 Å². The van der Waals surface area contributed by atoms with Crippen molar-refractivity contribution in [2.75, 3.05) is 5.32 Å². The van der Waals surface area contributed by atoms with E-state index in [2.05, 4.69) is 10.3 Å². The Morgan fingerprint density at radius 2 is 2.28 bits per heavy atom. The topological polar surface area (TPSA) is 88.2 Å². The smallest absolute Gasteiger partial charge is 0.228 e. The molecule has 1 heterocycles. The van der Waals surface area contributed by atoms with Crippen LogP contribution in [-0.2, 0) is 4.79 Å². The third-order valence-corrected chi connectivity index (χ3v) is 3.34. The van der Waals surface area contributed by atoms with Crippen LogP contribution in [0.2, 0.25) is 0 Å². The highest BCUT2D eigenvalue weighted by Crippen LogP contribution is 2.26. The zero-order chi connectivity index (χ0) is 13.1. The molecule has 0 bridgehead atoms. The number of hydrogen-bond donors (Lipinski definition) is 3. The maximum Gasteiger partial charge on any atom is 0.228 e. The van der Waals surface area contributed by atoms with Crippen LogP contribution in [-0.4, -0.2) is 22.0 Å². The first-order chi connectivity index (χ1) is 8.56. The molecule has 4 N–H and O–H groups in total. The minimum atomic E-state index is -0.0986. The molecule has 1 saturated carbocycles. The van der Waals surface area contributed by atoms with Crippen LogP contribution in [0.3, 0.4) is 0 Å². The molecule has 0 radical (unpaired) electrons. The number of nitrogens with two attached hydrogens (primary N) is 1. The van der Waals surface area contributed by atoms with E-state index in [1.165, 1.54) is 6.07 Å². The summed E-state index contributed by atoms with van der Waals surface area (Å²) < 4.78 is 0. The van der Waals surface area contributed by atoms with Gasteiger partial charge in [-0.05, 0) is 38.3 Å². The van der Waals surface area contributed by atoms with Gasteiger partial charge in [0, 0.05) is 17.7 Å². The van der Waals surface area contributed by atoms with Crippen molar-refractivity contribution in [1.29, 1.82) is 0 Å². The lowest BCUT2D eigenvalue weighted by atomic mass is 9.85. The van der Waals surface area contributed by atoms with Gasteiger partial charge in [-0.1, -0.05) is 6.42 Å². The number of pyridine rings is 1. The molecular formula is C13H19N3O2. The number of amides is 1. The van der Waals surface area contributed by atoms with E-state index in [0.717, 1.165) is 25.0 Å². The Balaban J connectivity index is 2.04. The molecule has 1 fully saturated rings. The average Bonchev–Trinajstić information content (AvgIpc) is 2.34. The summed E-state index contributed by atoms with van der Waals surface area (Å²) in [5.41, 5.74) is 6.62. The van der Waals surface area contributed by atoms with Gasteiger partial charge in [0.15, 0.2) is 11.6 Å². The maximum absolute atomic E-state index is 12.1. The summed E-state index contributed by atoms with van der Waals surface area (Å²) in [5, 5.41) is 12.3. The lowest BCUT2D eigenvalue weighted by molar-refractivity contribution is -0.120. The molecule has 0 aromatic carbocycles. The average molecular weight is 249 g/mol. The summed E-state index contributed by atoms with van der Waals surface area (Å²) in [7, 11) is 0. The van der Waals surface area contributed by atoms with Crippen molar-refractivity contribution >= 4 is 11.7 Å². The Morgan fingerprint density at radius 3 is 3.00 bits per heavy atom. The van der Waals surface area contributed by atoms with E-state index in [1.54, 1.807) is 6.07 Å². The maximum atomic E-state index is 12.1. The van der Waals surface area contributed by atoms with Crippen molar-refractivity contribution in [3.8, 4) is 5.75 Å². The molecule has 2 unspecified atom stereocenters. The van der Waals surface area contributed by atoms with Gasteiger partial charge in [-0.15, -0.1) is 0 Å². The summed E-state index contributed by atoms with van der Waals surface area (Å²) in [6.07, 6.45) is 3.52. The van der Waals surface area contributed by atoms with E-state index < -0.39 is 0 Å². The van der Waals surface area contributed by atoms with Gasteiger partial charge in [-0.3, -0.25) is 4.79 Å². The van der Waals surface area contributed by atoms with Crippen molar-refractivity contribution < 1.29 is 9.90 Å². The van der Waals surface area contributed by atoms with Crippen LogP contribution in [0.5, 0.6) is 5.75 Å². The highest BCUT2D eigenvalue weighted by molar-refractivity contribution is 5.92. The second kappa shape index (κ2) is 5.35. The van der Waals surface area contributed by atoms with Crippen molar-refractivity contribution in [3.05, 3.63) is 17.8 Å². The largest absolute Gasteiger partial charge is 0.504 e. The van der Waals surface area contributed by atoms with Crippen molar-refractivity contribution in [2.45, 2.75) is 38.6 Å². The first-order valence-corrected chi connectivity index (χ1v) is 6.29. The van der Waals surface area contributed by atoms with E-state index in [1.807, 2.05) is 6.92 Å². The molecule has 5 nitrogen and oxygen atoms in total. The molecule has 1 amide bonds. The molecule has 18 heavy (non-hydrogen) atoms. The molecule has 0 spiro atoms. The number of carbonyl (C=O) groups is 1. The Kier molecular flexibility index (Phi) is 3.81. The van der Waals surface area contributed by atoms with E-state index in [4.69, 9.17) is 5.73 Å². The number of aryl methyl sites for hydroxylation is 1. The van der Waals surface area contributed by atoms with Crippen molar-refractivity contribution in [1.82, 2.24) is 4.98 Å². The molecule has 2 rings (SSSR count). The summed E-state index contributed by atoms with van der Waals surface area (Å²) >= 11 is 0. The zero-order valence-electron chi connectivity index (χ0n) is 10.5. The van der Waals surface area contributed by atoms with Gasteiger partial charge in [0.1, 0.15) is 0 Å². The predicted octanol–water partition coefficient (Wildman–Crippen LogP) is 1.55. The van der Waals surface area contributed by atoms with Crippen LogP contribution in [0.25, 0.3) is 0 Å². The highest BCUT2D eigenvalue weighted by atomic mass is 16.3. The Labute approximate surface area is 106 Å². The number of carbonyl (C=O) groups excluding carboxylic acids is 1. The second-order valence-electron chi connectivity index (χ2n) is 4.93. The number of nitrogens with one attached hydrogen (secondary N) is 1. The molecule has 0 aliphatic heterocycles. The van der Waals surface area contributed by atoms with E-state index >= 15 is 0 Å². The molecule has 1 aliphatic rings. The van der Waals surface area contributed by atoms with Gasteiger partial charge in [0.05, 0.1) is 0 Å². The SMILES string of the molecule is Cc1ccc(O)c(NC(=O)C2CCCC(N)C2)n1. The standard InChI is InChI=1S/C13H19N3O2/c1-8-5-6-11(17)12(15-8)16-13(18)9-3-2-4-10(14)7-9/h5-6,9-10,17H,2-4,7,14H2,1H3,(H,15,16,18). The highest BCUT2D eigenvalue weighted by Gasteiger charge is 2.26. The number of aromatic nitrogens is 1. The van der Waals surface area contributed by atoms with Gasteiger partial charge in [-0.25, -0.2) is 4.98 Å². The van der Waals surface area contributed by atoms with Gasteiger partial charge < -0.3 is 16.2 Å². The zero-order valence-corrected chi connectivity index (χ0v) is 10.5. The summed E-state index contributed by atoms with van der Waals surface area (Å²) in [6, 6.07) is 3.33. The van der Waals surface area contributed by atoms with Gasteiger partial charge in [0.2, 0.25) is 5.91 Å². The Bertz CT molecular complexity index is 448. The van der Waals surface area contributed by atoms with E-state index in [0.29, 0.717) is 6.42 Å². The van der Waals surface area contributed by atoms with E-state index in [9.17, 15) is 9.90 Å². The van der Waals surface area contributed by atoms with Crippen LogP contribution in [0.4, 0.5) is 5.82 Å². The molecule has 1 aromatic heterocycles. The van der Waals surface area contributed by atoms with Crippen LogP contribution >= 0.6 is 0 Å². The van der Waals surface area contributed by atoms with E-state index in [-0.39, 0.29) is 29.4 Å². The Hall–Kier alpha value is -1.62. The fourth-order valence-electron chi connectivity index (χ4n) is 2.33. The van der Waals surface area contributed by atoms with Gasteiger partial charge in [-0.2, -0.15) is 0 Å². The number of hydrogen-bond acceptors (Lipinski definition) is 4. The fraction of sp³-hybridized carbons (Fsp3) is 0.538. The minimum absolute atomic E-state index is 0.00550. The van der Waals surface area contributed by atoms with Crippen LogP contribution in [0, 0.1) is 12.8 Å². The van der Waals surface area contributed by atoms with Crippen molar-refractivity contribution in [3.63, 3.8) is 0 Å². The number of nitrogens with zero attached hydrogens (tertiary/aromatic N) is 1. The number of anilines is 1. The molecule has 0 saturated heterocycles. The summed E-state index contributed by atoms with van der Waals surface area (Å²) in [4.78, 5) is 16.2. The molecule has 5 heteroatoms. The molecular weight excluding hydrogens is 230 g/mol. The van der Waals surface area contributed by atoms with Crippen LogP contribution in [0.15, 0.2) is 12.1 Å². The predicted molar refractivity (Wildman–Crippen MR) is 69.2 cm³/mol. The molecule has 1 aromatic rings. The van der Waals surface area contributed by atoms with Crippen LogP contribution < -0.4 is 11.1 Å².